The lowest BCUT2D eigenvalue weighted by atomic mass is 10.1. The van der Waals surface area contributed by atoms with Crippen molar-refractivity contribution in [1.29, 1.82) is 0 Å². The van der Waals surface area contributed by atoms with E-state index in [4.69, 9.17) is 19.6 Å². The maximum atomic E-state index is 12.0. The number of aryl methyl sites for hydroxylation is 1. The van der Waals surface area contributed by atoms with Crippen LogP contribution in [0.2, 0.25) is 0 Å². The average Bonchev–Trinajstić information content (AvgIpc) is 3.08. The highest BCUT2D eigenvalue weighted by Gasteiger charge is 2.19. The maximum Gasteiger partial charge on any atom is 0.327 e. The van der Waals surface area contributed by atoms with E-state index in [0.29, 0.717) is 30.2 Å². The molecule has 29 heavy (non-hydrogen) atoms. The molecule has 6 nitrogen and oxygen atoms in total. The average molecular weight is 394 g/mol. The summed E-state index contributed by atoms with van der Waals surface area (Å²) in [6.07, 6.45) is 0.396. The predicted molar refractivity (Wildman–Crippen MR) is 110 cm³/mol. The number of nitrogens with two attached hydrogens (primary N) is 1. The van der Waals surface area contributed by atoms with Gasteiger partial charge in [-0.05, 0) is 50.6 Å². The van der Waals surface area contributed by atoms with Crippen molar-refractivity contribution in [3.8, 4) is 17.2 Å². The highest BCUT2D eigenvalue weighted by molar-refractivity contribution is 5.77. The second kappa shape index (κ2) is 9.39. The van der Waals surface area contributed by atoms with Crippen LogP contribution in [0, 0.1) is 6.92 Å². The molecule has 3 rings (SSSR count). The van der Waals surface area contributed by atoms with Crippen LogP contribution < -0.4 is 10.5 Å². The summed E-state index contributed by atoms with van der Waals surface area (Å²) >= 11 is 0. The molecule has 2 N–H and O–H groups in total. The fraction of sp³-hybridized carbons (Fsp3) is 0.304. The van der Waals surface area contributed by atoms with Crippen molar-refractivity contribution in [2.75, 3.05) is 6.61 Å². The van der Waals surface area contributed by atoms with E-state index in [9.17, 15) is 4.79 Å². The summed E-state index contributed by atoms with van der Waals surface area (Å²) in [5.74, 6) is 1.57. The first-order valence-electron chi connectivity index (χ1n) is 9.64. The van der Waals surface area contributed by atoms with Gasteiger partial charge >= 0.3 is 5.97 Å². The molecule has 1 atom stereocenters. The maximum absolute atomic E-state index is 12.0. The number of oxazole rings is 1. The first-order chi connectivity index (χ1) is 13.9. The van der Waals surface area contributed by atoms with E-state index in [2.05, 4.69) is 4.98 Å². The third-order valence-electron chi connectivity index (χ3n) is 4.34. The number of esters is 1. The Bertz CT molecular complexity index is 951. The second-order valence-corrected chi connectivity index (χ2v) is 7.02. The molecule has 0 bridgehead atoms. The highest BCUT2D eigenvalue weighted by Crippen LogP contribution is 2.23. The zero-order chi connectivity index (χ0) is 20.8. The Morgan fingerprint density at radius 2 is 1.90 bits per heavy atom. The van der Waals surface area contributed by atoms with Gasteiger partial charge in [0.25, 0.3) is 0 Å². The predicted octanol–water partition coefficient (Wildman–Crippen LogP) is 4.22. The Morgan fingerprint density at radius 1 is 1.14 bits per heavy atom. The molecule has 0 radical (unpaired) electrons. The minimum atomic E-state index is -0.841. The summed E-state index contributed by atoms with van der Waals surface area (Å²) in [5.41, 5.74) is 8.45. The van der Waals surface area contributed by atoms with Gasteiger partial charge in [-0.1, -0.05) is 30.3 Å². The van der Waals surface area contributed by atoms with Gasteiger partial charge in [-0.25, -0.2) is 9.78 Å². The number of aromatic nitrogens is 1. The fourth-order valence-corrected chi connectivity index (χ4v) is 2.87. The number of rotatable bonds is 8. The highest BCUT2D eigenvalue weighted by atomic mass is 16.5. The van der Waals surface area contributed by atoms with E-state index < -0.39 is 12.0 Å². The Morgan fingerprint density at radius 3 is 2.62 bits per heavy atom. The van der Waals surface area contributed by atoms with Crippen molar-refractivity contribution in [2.45, 2.75) is 39.3 Å². The van der Waals surface area contributed by atoms with Crippen LogP contribution in [-0.2, 0) is 16.0 Å². The van der Waals surface area contributed by atoms with Crippen molar-refractivity contribution >= 4 is 5.97 Å². The van der Waals surface area contributed by atoms with Gasteiger partial charge in [0, 0.05) is 12.0 Å². The van der Waals surface area contributed by atoms with Crippen LogP contribution in [0.15, 0.2) is 59.0 Å². The lowest BCUT2D eigenvalue weighted by Crippen LogP contribution is -2.26. The first-order valence-corrected chi connectivity index (χ1v) is 9.64. The summed E-state index contributed by atoms with van der Waals surface area (Å²) in [7, 11) is 0. The van der Waals surface area contributed by atoms with Crippen LogP contribution in [0.25, 0.3) is 11.5 Å². The molecule has 152 valence electrons. The van der Waals surface area contributed by atoms with Gasteiger partial charge in [-0.15, -0.1) is 0 Å². The number of hydrogen-bond donors (Lipinski definition) is 1. The summed E-state index contributed by atoms with van der Waals surface area (Å²) in [5, 5.41) is 0. The van der Waals surface area contributed by atoms with E-state index in [-0.39, 0.29) is 6.10 Å². The molecule has 0 aliphatic heterocycles. The number of carbonyl (C=O) groups is 1. The minimum Gasteiger partial charge on any atom is -0.493 e. The summed E-state index contributed by atoms with van der Waals surface area (Å²) < 4.78 is 16.8. The third-order valence-corrected chi connectivity index (χ3v) is 4.34. The number of ether oxygens (including phenoxy) is 2. The van der Waals surface area contributed by atoms with Crippen molar-refractivity contribution < 1.29 is 18.7 Å². The standard InChI is InChI=1S/C23H26N2O4/c1-15(2)28-23(26)21(24)18-10-7-11-19(14-18)27-13-12-20-16(3)29-22(25-20)17-8-5-4-6-9-17/h4-11,14-15,21H,12-13,24H2,1-3H3. The molecule has 0 spiro atoms. The summed E-state index contributed by atoms with van der Waals surface area (Å²) in [6, 6.07) is 16.1. The summed E-state index contributed by atoms with van der Waals surface area (Å²) in [4.78, 5) is 16.6. The molecule has 0 saturated heterocycles. The fourth-order valence-electron chi connectivity index (χ4n) is 2.87. The normalized spacial score (nSPS) is 12.0. The molecule has 2 aromatic carbocycles. The van der Waals surface area contributed by atoms with Gasteiger partial charge in [-0.3, -0.25) is 0 Å². The molecule has 3 aromatic rings. The Balaban J connectivity index is 1.60. The van der Waals surface area contributed by atoms with Crippen molar-refractivity contribution in [3.05, 3.63) is 71.6 Å². The van der Waals surface area contributed by atoms with Gasteiger partial charge in [0.1, 0.15) is 17.6 Å². The van der Waals surface area contributed by atoms with E-state index in [1.165, 1.54) is 0 Å². The smallest absolute Gasteiger partial charge is 0.327 e. The Kier molecular flexibility index (Phi) is 6.67. The molecule has 1 aromatic heterocycles. The van der Waals surface area contributed by atoms with Crippen molar-refractivity contribution in [3.63, 3.8) is 0 Å². The lowest BCUT2D eigenvalue weighted by molar-refractivity contribution is -0.149. The van der Waals surface area contributed by atoms with Crippen molar-refractivity contribution in [1.82, 2.24) is 4.98 Å². The van der Waals surface area contributed by atoms with E-state index in [1.54, 1.807) is 26.0 Å². The third kappa shape index (κ3) is 5.45. The molecular weight excluding hydrogens is 368 g/mol. The molecule has 0 saturated carbocycles. The van der Waals surface area contributed by atoms with Gasteiger partial charge in [0.15, 0.2) is 0 Å². The quantitative estimate of drug-likeness (QED) is 0.576. The Labute approximate surface area is 170 Å². The molecule has 0 amide bonds. The minimum absolute atomic E-state index is 0.209. The molecule has 0 fully saturated rings. The van der Waals surface area contributed by atoms with Crippen molar-refractivity contribution in [2.24, 2.45) is 5.73 Å². The number of carbonyl (C=O) groups excluding carboxylic acids is 1. The van der Waals surface area contributed by atoms with Crippen LogP contribution in [0.5, 0.6) is 5.75 Å². The molecule has 1 heterocycles. The zero-order valence-electron chi connectivity index (χ0n) is 16.9. The number of benzene rings is 2. The Hall–Kier alpha value is -3.12. The summed E-state index contributed by atoms with van der Waals surface area (Å²) in [6.45, 7) is 5.91. The monoisotopic (exact) mass is 394 g/mol. The topological polar surface area (TPSA) is 87.6 Å². The van der Waals surface area contributed by atoms with Gasteiger partial charge in [0.2, 0.25) is 5.89 Å². The molecule has 0 aliphatic rings. The number of hydrogen-bond acceptors (Lipinski definition) is 6. The number of nitrogens with zero attached hydrogens (tertiary/aromatic N) is 1. The van der Waals surface area contributed by atoms with Gasteiger partial charge < -0.3 is 19.6 Å². The zero-order valence-corrected chi connectivity index (χ0v) is 16.9. The molecule has 6 heteroatoms. The molecule has 0 aliphatic carbocycles. The van der Waals surface area contributed by atoms with Crippen LogP contribution in [0.3, 0.4) is 0 Å². The largest absolute Gasteiger partial charge is 0.493 e. The molecule has 1 unspecified atom stereocenters. The SMILES string of the molecule is Cc1oc(-c2ccccc2)nc1CCOc1cccc(C(N)C(=O)OC(C)C)c1. The van der Waals surface area contributed by atoms with E-state index in [0.717, 1.165) is 17.0 Å². The first kappa shape index (κ1) is 20.6. The van der Waals surface area contributed by atoms with Gasteiger partial charge in [0.05, 0.1) is 18.4 Å². The van der Waals surface area contributed by atoms with E-state index in [1.807, 2.05) is 49.4 Å². The molecular formula is C23H26N2O4. The second-order valence-electron chi connectivity index (χ2n) is 7.02. The van der Waals surface area contributed by atoms with Crippen LogP contribution in [0.4, 0.5) is 0 Å². The van der Waals surface area contributed by atoms with Gasteiger partial charge in [-0.2, -0.15) is 0 Å². The van der Waals surface area contributed by atoms with Crippen LogP contribution in [0.1, 0.15) is 36.9 Å². The lowest BCUT2D eigenvalue weighted by Gasteiger charge is -2.15. The van der Waals surface area contributed by atoms with E-state index >= 15 is 0 Å². The van der Waals surface area contributed by atoms with Crippen LogP contribution in [-0.4, -0.2) is 23.7 Å². The van der Waals surface area contributed by atoms with Crippen LogP contribution >= 0.6 is 0 Å².